The van der Waals surface area contributed by atoms with Crippen molar-refractivity contribution in [1.29, 1.82) is 0 Å². The van der Waals surface area contributed by atoms with Crippen LogP contribution in [0.5, 0.6) is 0 Å². The van der Waals surface area contributed by atoms with Crippen LogP contribution in [-0.4, -0.2) is 46.6 Å². The molecule has 0 bridgehead atoms. The summed E-state index contributed by atoms with van der Waals surface area (Å²) < 4.78 is 0. The molecule has 3 nitrogen and oxygen atoms in total. The Morgan fingerprint density at radius 3 is 2.42 bits per heavy atom. The van der Waals surface area contributed by atoms with Gasteiger partial charge >= 0.3 is 5.97 Å². The monoisotopic (exact) mass is 287 g/mol. The first-order valence-electron chi connectivity index (χ1n) is 7.80. The van der Waals surface area contributed by atoms with Crippen LogP contribution in [0.25, 0.3) is 0 Å². The van der Waals surface area contributed by atoms with Gasteiger partial charge in [-0.25, -0.2) is 0 Å². The Balaban J connectivity index is 2.02. The lowest BCUT2D eigenvalue weighted by molar-refractivity contribution is -0.142. The third-order valence-electron chi connectivity index (χ3n) is 3.82. The lowest BCUT2D eigenvalue weighted by atomic mass is 10.1. The maximum Gasteiger partial charge on any atom is 0.321 e. The number of carboxylic acids is 1. The minimum atomic E-state index is -0.647. The van der Waals surface area contributed by atoms with Gasteiger partial charge in [0.15, 0.2) is 0 Å². The predicted octanol–water partition coefficient (Wildman–Crippen LogP) is 3.63. The molecule has 1 aliphatic rings. The van der Waals surface area contributed by atoms with E-state index in [0.717, 1.165) is 31.0 Å². The zero-order chi connectivity index (χ0) is 13.9. The largest absolute Gasteiger partial charge is 0.480 e. The number of nitrogens with zero attached hydrogens (tertiary/aromatic N) is 1. The van der Waals surface area contributed by atoms with Crippen LogP contribution in [0.1, 0.15) is 58.3 Å². The highest BCUT2D eigenvalue weighted by Crippen LogP contribution is 2.18. The van der Waals surface area contributed by atoms with Gasteiger partial charge in [-0.15, -0.1) is 0 Å². The number of unbranched alkanes of at least 4 members (excludes halogenated alkanes) is 7. The predicted molar refractivity (Wildman–Crippen MR) is 82.9 cm³/mol. The van der Waals surface area contributed by atoms with Crippen molar-refractivity contribution in [3.8, 4) is 0 Å². The summed E-state index contributed by atoms with van der Waals surface area (Å²) in [5, 5.41) is 9.18. The molecule has 1 saturated heterocycles. The molecule has 0 spiro atoms. The molecular formula is C15H29NO2S. The molecule has 0 saturated carbocycles. The van der Waals surface area contributed by atoms with E-state index in [2.05, 4.69) is 11.8 Å². The summed E-state index contributed by atoms with van der Waals surface area (Å²) in [6.45, 7) is 4.15. The maximum atomic E-state index is 11.1. The van der Waals surface area contributed by atoms with Crippen molar-refractivity contribution in [1.82, 2.24) is 4.90 Å². The lowest BCUT2D eigenvalue weighted by Crippen LogP contribution is -2.47. The first-order chi connectivity index (χ1) is 9.25. The molecule has 4 heteroatoms. The van der Waals surface area contributed by atoms with Gasteiger partial charge < -0.3 is 5.11 Å². The molecule has 112 valence electrons. The van der Waals surface area contributed by atoms with E-state index in [1.54, 1.807) is 11.8 Å². The molecule has 1 atom stereocenters. The van der Waals surface area contributed by atoms with E-state index in [1.807, 2.05) is 0 Å². The van der Waals surface area contributed by atoms with Gasteiger partial charge in [-0.3, -0.25) is 9.69 Å². The Hall–Kier alpha value is -0.220. The van der Waals surface area contributed by atoms with E-state index in [-0.39, 0.29) is 6.04 Å². The highest BCUT2D eigenvalue weighted by molar-refractivity contribution is 7.99. The molecule has 0 aromatic heterocycles. The van der Waals surface area contributed by atoms with Crippen LogP contribution in [0.15, 0.2) is 0 Å². The van der Waals surface area contributed by atoms with Crippen LogP contribution in [0.2, 0.25) is 0 Å². The molecule has 19 heavy (non-hydrogen) atoms. The molecule has 0 aromatic carbocycles. The summed E-state index contributed by atoms with van der Waals surface area (Å²) in [7, 11) is 0. The van der Waals surface area contributed by atoms with Crippen molar-refractivity contribution >= 4 is 17.7 Å². The molecule has 1 unspecified atom stereocenters. The number of carboxylic acid groups (broad SMARTS) is 1. The first-order valence-corrected chi connectivity index (χ1v) is 8.95. The lowest BCUT2D eigenvalue weighted by Gasteiger charge is -2.32. The second-order valence-corrected chi connectivity index (χ2v) is 6.59. The van der Waals surface area contributed by atoms with Gasteiger partial charge in [0.25, 0.3) is 0 Å². The van der Waals surface area contributed by atoms with Gasteiger partial charge in [-0.2, -0.15) is 11.8 Å². The third kappa shape index (κ3) is 7.21. The number of rotatable bonds is 10. The Kier molecular flexibility index (Phi) is 9.35. The van der Waals surface area contributed by atoms with Crippen LogP contribution in [0, 0.1) is 0 Å². The number of carbonyl (C=O) groups is 1. The Morgan fingerprint density at radius 2 is 1.79 bits per heavy atom. The second-order valence-electron chi connectivity index (χ2n) is 5.44. The number of thioether (sulfide) groups is 1. The topological polar surface area (TPSA) is 40.5 Å². The molecule has 0 aromatic rings. The minimum absolute atomic E-state index is 0.247. The van der Waals surface area contributed by atoms with Crippen molar-refractivity contribution in [3.05, 3.63) is 0 Å². The first kappa shape index (κ1) is 16.8. The fraction of sp³-hybridized carbons (Fsp3) is 0.933. The molecular weight excluding hydrogens is 258 g/mol. The van der Waals surface area contributed by atoms with Crippen LogP contribution >= 0.6 is 11.8 Å². The SMILES string of the molecule is CCCCCCCCCCN1CCSCC1C(=O)O. The average Bonchev–Trinajstić information content (AvgIpc) is 2.42. The molecule has 1 aliphatic heterocycles. The van der Waals surface area contributed by atoms with Crippen molar-refractivity contribution in [2.24, 2.45) is 0 Å². The summed E-state index contributed by atoms with van der Waals surface area (Å²) >= 11 is 1.77. The highest BCUT2D eigenvalue weighted by atomic mass is 32.2. The number of hydrogen-bond acceptors (Lipinski definition) is 3. The van der Waals surface area contributed by atoms with E-state index in [0.29, 0.717) is 0 Å². The van der Waals surface area contributed by atoms with Crippen molar-refractivity contribution in [2.75, 3.05) is 24.6 Å². The van der Waals surface area contributed by atoms with Crippen LogP contribution in [0.4, 0.5) is 0 Å². The van der Waals surface area contributed by atoms with E-state index in [4.69, 9.17) is 0 Å². The summed E-state index contributed by atoms with van der Waals surface area (Å²) in [6, 6.07) is -0.247. The summed E-state index contributed by atoms with van der Waals surface area (Å²) in [5.41, 5.74) is 0. The Morgan fingerprint density at radius 1 is 1.16 bits per heavy atom. The standard InChI is InChI=1S/C15H29NO2S/c1-2-3-4-5-6-7-8-9-10-16-11-12-19-13-14(16)15(17)18/h14H,2-13H2,1H3,(H,17,18). The van der Waals surface area contributed by atoms with Crippen molar-refractivity contribution < 1.29 is 9.90 Å². The van der Waals surface area contributed by atoms with E-state index in [9.17, 15) is 9.90 Å². The van der Waals surface area contributed by atoms with Gasteiger partial charge in [-0.1, -0.05) is 51.9 Å². The minimum Gasteiger partial charge on any atom is -0.480 e. The molecule has 1 heterocycles. The van der Waals surface area contributed by atoms with Gasteiger partial charge in [0.1, 0.15) is 6.04 Å². The summed E-state index contributed by atoms with van der Waals surface area (Å²) in [6.07, 6.45) is 10.5. The van der Waals surface area contributed by atoms with Gasteiger partial charge in [0, 0.05) is 18.1 Å². The Bertz CT molecular complexity index is 248. The highest BCUT2D eigenvalue weighted by Gasteiger charge is 2.27. The van der Waals surface area contributed by atoms with Crippen molar-refractivity contribution in [3.63, 3.8) is 0 Å². The fourth-order valence-corrected chi connectivity index (χ4v) is 3.69. The maximum absolute atomic E-state index is 11.1. The van der Waals surface area contributed by atoms with E-state index < -0.39 is 5.97 Å². The second kappa shape index (κ2) is 10.6. The zero-order valence-electron chi connectivity index (χ0n) is 12.3. The zero-order valence-corrected chi connectivity index (χ0v) is 13.1. The van der Waals surface area contributed by atoms with E-state index in [1.165, 1.54) is 44.9 Å². The average molecular weight is 287 g/mol. The molecule has 0 radical (unpaired) electrons. The summed E-state index contributed by atoms with van der Waals surface area (Å²) in [4.78, 5) is 13.3. The molecule has 0 aliphatic carbocycles. The molecule has 1 rings (SSSR count). The molecule has 0 amide bonds. The van der Waals surface area contributed by atoms with Gasteiger partial charge in [0.05, 0.1) is 0 Å². The summed E-state index contributed by atoms with van der Waals surface area (Å²) in [5.74, 6) is 1.19. The number of aliphatic carboxylic acids is 1. The van der Waals surface area contributed by atoms with Gasteiger partial charge in [-0.05, 0) is 13.0 Å². The van der Waals surface area contributed by atoms with Crippen LogP contribution < -0.4 is 0 Å². The molecule has 1 fully saturated rings. The van der Waals surface area contributed by atoms with E-state index >= 15 is 0 Å². The number of hydrogen-bond donors (Lipinski definition) is 1. The molecule has 1 N–H and O–H groups in total. The van der Waals surface area contributed by atoms with Crippen LogP contribution in [0.3, 0.4) is 0 Å². The normalized spacial score (nSPS) is 20.6. The van der Waals surface area contributed by atoms with Gasteiger partial charge in [0.2, 0.25) is 0 Å². The Labute approximate surface area is 122 Å². The smallest absolute Gasteiger partial charge is 0.321 e. The van der Waals surface area contributed by atoms with Crippen molar-refractivity contribution in [2.45, 2.75) is 64.3 Å². The fourth-order valence-electron chi connectivity index (χ4n) is 2.58. The van der Waals surface area contributed by atoms with Crippen LogP contribution in [-0.2, 0) is 4.79 Å². The third-order valence-corrected chi connectivity index (χ3v) is 4.85. The quantitative estimate of drug-likeness (QED) is 0.623.